The van der Waals surface area contributed by atoms with Crippen molar-refractivity contribution < 1.29 is 4.79 Å². The fourth-order valence-corrected chi connectivity index (χ4v) is 2.44. The average Bonchev–Trinajstić information content (AvgIpc) is 2.65. The lowest BCUT2D eigenvalue weighted by atomic mass is 10.2. The number of amides is 1. The molecule has 1 rings (SSSR count). The number of nitrogens with two attached hydrogens (primary N) is 1. The van der Waals surface area contributed by atoms with E-state index >= 15 is 0 Å². The second kappa shape index (κ2) is 6.21. The largest absolute Gasteiger partial charge is 0.339 e. The van der Waals surface area contributed by atoms with Gasteiger partial charge in [-0.05, 0) is 26.7 Å². The van der Waals surface area contributed by atoms with Crippen LogP contribution in [0.4, 0.5) is 0 Å². The highest BCUT2D eigenvalue weighted by molar-refractivity contribution is 5.73. The molecule has 0 spiro atoms. The summed E-state index contributed by atoms with van der Waals surface area (Å²) in [5, 5.41) is 0. The van der Waals surface area contributed by atoms with Gasteiger partial charge in [-0.3, -0.25) is 9.69 Å². The molecule has 1 amide bonds. The predicted molar refractivity (Wildman–Crippen MR) is 66.2 cm³/mol. The maximum absolute atomic E-state index is 11.4. The van der Waals surface area contributed by atoms with E-state index in [0.29, 0.717) is 18.6 Å². The van der Waals surface area contributed by atoms with Gasteiger partial charge in [0.05, 0.1) is 0 Å². The quantitative estimate of drug-likeness (QED) is 0.751. The van der Waals surface area contributed by atoms with E-state index in [2.05, 4.69) is 18.7 Å². The molecule has 1 saturated heterocycles. The summed E-state index contributed by atoms with van der Waals surface area (Å²) in [6.45, 7) is 9.53. The van der Waals surface area contributed by atoms with Crippen molar-refractivity contribution in [1.29, 1.82) is 0 Å². The lowest BCUT2D eigenvalue weighted by Gasteiger charge is -2.32. The van der Waals surface area contributed by atoms with Gasteiger partial charge in [0.25, 0.3) is 0 Å². The Morgan fingerprint density at radius 3 is 2.75 bits per heavy atom. The molecule has 0 aromatic heterocycles. The van der Waals surface area contributed by atoms with Crippen LogP contribution in [0.15, 0.2) is 0 Å². The van der Waals surface area contributed by atoms with E-state index in [1.54, 1.807) is 6.92 Å². The molecule has 1 aliphatic rings. The van der Waals surface area contributed by atoms with Gasteiger partial charge in [-0.2, -0.15) is 0 Å². The lowest BCUT2D eigenvalue weighted by molar-refractivity contribution is -0.130. The van der Waals surface area contributed by atoms with Crippen molar-refractivity contribution in [3.63, 3.8) is 0 Å². The molecule has 0 aliphatic carbocycles. The Labute approximate surface area is 98.8 Å². The minimum atomic E-state index is 0.207. The van der Waals surface area contributed by atoms with Crippen molar-refractivity contribution >= 4 is 5.91 Å². The number of nitrogens with zero attached hydrogens (tertiary/aromatic N) is 2. The van der Waals surface area contributed by atoms with E-state index in [1.807, 2.05) is 4.90 Å². The van der Waals surface area contributed by atoms with E-state index in [-0.39, 0.29) is 5.91 Å². The van der Waals surface area contributed by atoms with Gasteiger partial charge in [-0.15, -0.1) is 0 Å². The molecule has 1 heterocycles. The zero-order valence-electron chi connectivity index (χ0n) is 10.8. The molecule has 4 nitrogen and oxygen atoms in total. The highest BCUT2D eigenvalue weighted by Crippen LogP contribution is 2.18. The highest BCUT2D eigenvalue weighted by Gasteiger charge is 2.28. The first-order valence-corrected chi connectivity index (χ1v) is 6.27. The van der Waals surface area contributed by atoms with Crippen molar-refractivity contribution in [2.45, 2.75) is 45.7 Å². The van der Waals surface area contributed by atoms with Crippen LogP contribution in [-0.2, 0) is 4.79 Å². The Morgan fingerprint density at radius 1 is 1.56 bits per heavy atom. The van der Waals surface area contributed by atoms with Gasteiger partial charge in [-0.25, -0.2) is 0 Å². The third kappa shape index (κ3) is 3.46. The summed E-state index contributed by atoms with van der Waals surface area (Å²) in [7, 11) is 0. The molecular weight excluding hydrogens is 202 g/mol. The molecule has 16 heavy (non-hydrogen) atoms. The van der Waals surface area contributed by atoms with Crippen LogP contribution in [0.3, 0.4) is 0 Å². The van der Waals surface area contributed by atoms with Gasteiger partial charge in [0, 0.05) is 45.2 Å². The van der Waals surface area contributed by atoms with E-state index in [1.165, 1.54) is 0 Å². The number of carbonyl (C=O) groups excluding carboxylic acids is 1. The third-order valence-corrected chi connectivity index (χ3v) is 3.37. The second-order valence-corrected chi connectivity index (χ2v) is 4.89. The highest BCUT2D eigenvalue weighted by atomic mass is 16.2. The minimum absolute atomic E-state index is 0.207. The Balaban J connectivity index is 2.53. The molecule has 0 aromatic rings. The fourth-order valence-electron chi connectivity index (χ4n) is 2.44. The maximum Gasteiger partial charge on any atom is 0.219 e. The maximum atomic E-state index is 11.4. The predicted octanol–water partition coefficient (Wildman–Crippen LogP) is 0.666. The van der Waals surface area contributed by atoms with Crippen LogP contribution in [0.5, 0.6) is 0 Å². The smallest absolute Gasteiger partial charge is 0.219 e. The lowest BCUT2D eigenvalue weighted by Crippen LogP contribution is -2.46. The number of rotatable bonds is 5. The van der Waals surface area contributed by atoms with Crippen LogP contribution in [0.1, 0.15) is 33.6 Å². The van der Waals surface area contributed by atoms with Crippen LogP contribution in [0.25, 0.3) is 0 Å². The summed E-state index contributed by atoms with van der Waals surface area (Å²) in [5.41, 5.74) is 5.61. The van der Waals surface area contributed by atoms with Gasteiger partial charge >= 0.3 is 0 Å². The molecule has 1 aliphatic heterocycles. The van der Waals surface area contributed by atoms with Crippen molar-refractivity contribution in [2.75, 3.05) is 26.2 Å². The van der Waals surface area contributed by atoms with Crippen LogP contribution < -0.4 is 5.73 Å². The van der Waals surface area contributed by atoms with Crippen LogP contribution in [0, 0.1) is 0 Å². The summed E-state index contributed by atoms with van der Waals surface area (Å²) < 4.78 is 0. The number of carbonyl (C=O) groups is 1. The molecule has 0 saturated carbocycles. The summed E-state index contributed by atoms with van der Waals surface area (Å²) in [4.78, 5) is 15.8. The van der Waals surface area contributed by atoms with Crippen LogP contribution in [-0.4, -0.2) is 54.0 Å². The Morgan fingerprint density at radius 2 is 2.25 bits per heavy atom. The standard InChI is InChI=1S/C12H25N3O/c1-10(2)14(8-6-13)9-12-5-4-7-15(12)11(3)16/h10,12H,4-9,13H2,1-3H3/t12-/m1/s1. The molecule has 1 atom stereocenters. The normalized spacial score (nSPS) is 21.1. The molecule has 0 unspecified atom stereocenters. The van der Waals surface area contributed by atoms with E-state index < -0.39 is 0 Å². The Kier molecular flexibility index (Phi) is 5.22. The molecule has 1 fully saturated rings. The number of hydrogen-bond donors (Lipinski definition) is 1. The van der Waals surface area contributed by atoms with E-state index in [9.17, 15) is 4.79 Å². The van der Waals surface area contributed by atoms with Gasteiger partial charge in [-0.1, -0.05) is 0 Å². The third-order valence-electron chi connectivity index (χ3n) is 3.37. The molecule has 0 radical (unpaired) electrons. The number of likely N-dealkylation sites (tertiary alicyclic amines) is 1. The number of hydrogen-bond acceptors (Lipinski definition) is 3. The summed E-state index contributed by atoms with van der Waals surface area (Å²) in [6.07, 6.45) is 2.27. The fraction of sp³-hybridized carbons (Fsp3) is 0.917. The van der Waals surface area contributed by atoms with Crippen molar-refractivity contribution in [1.82, 2.24) is 9.80 Å². The van der Waals surface area contributed by atoms with Crippen molar-refractivity contribution in [3.8, 4) is 0 Å². The molecule has 2 N–H and O–H groups in total. The van der Waals surface area contributed by atoms with Crippen molar-refractivity contribution in [2.24, 2.45) is 5.73 Å². The first-order chi connectivity index (χ1) is 7.56. The van der Waals surface area contributed by atoms with Gasteiger partial charge < -0.3 is 10.6 Å². The van der Waals surface area contributed by atoms with Gasteiger partial charge in [0.2, 0.25) is 5.91 Å². The van der Waals surface area contributed by atoms with Crippen LogP contribution >= 0.6 is 0 Å². The van der Waals surface area contributed by atoms with Gasteiger partial charge in [0.1, 0.15) is 0 Å². The van der Waals surface area contributed by atoms with Crippen LogP contribution in [0.2, 0.25) is 0 Å². The van der Waals surface area contributed by atoms with Crippen molar-refractivity contribution in [3.05, 3.63) is 0 Å². The molecule has 0 bridgehead atoms. The average molecular weight is 227 g/mol. The SMILES string of the molecule is CC(=O)N1CCC[C@@H]1CN(CCN)C(C)C. The summed E-state index contributed by atoms with van der Waals surface area (Å²) in [6, 6.07) is 0.893. The minimum Gasteiger partial charge on any atom is -0.339 e. The molecular formula is C12H25N3O. The van der Waals surface area contributed by atoms with E-state index in [4.69, 9.17) is 5.73 Å². The second-order valence-electron chi connectivity index (χ2n) is 4.89. The summed E-state index contributed by atoms with van der Waals surface area (Å²) in [5.74, 6) is 0.207. The zero-order valence-corrected chi connectivity index (χ0v) is 10.8. The Bertz CT molecular complexity index is 230. The molecule has 4 heteroatoms. The first kappa shape index (κ1) is 13.5. The van der Waals surface area contributed by atoms with Gasteiger partial charge in [0.15, 0.2) is 0 Å². The molecule has 0 aromatic carbocycles. The Hall–Kier alpha value is -0.610. The molecule has 94 valence electrons. The topological polar surface area (TPSA) is 49.6 Å². The zero-order chi connectivity index (χ0) is 12.1. The first-order valence-electron chi connectivity index (χ1n) is 6.27. The van der Waals surface area contributed by atoms with E-state index in [0.717, 1.165) is 32.5 Å². The monoisotopic (exact) mass is 227 g/mol. The summed E-state index contributed by atoms with van der Waals surface area (Å²) >= 11 is 0.